The smallest absolute Gasteiger partial charge is 0.219 e. The van der Waals surface area contributed by atoms with E-state index in [-0.39, 0.29) is 0 Å². The molecule has 0 aliphatic rings. The van der Waals surface area contributed by atoms with Crippen LogP contribution < -0.4 is 10.1 Å². The highest BCUT2D eigenvalue weighted by Crippen LogP contribution is 2.31. The van der Waals surface area contributed by atoms with Crippen LogP contribution in [0.1, 0.15) is 19.5 Å². The molecule has 0 saturated heterocycles. The lowest BCUT2D eigenvalue weighted by Gasteiger charge is -2.10. The van der Waals surface area contributed by atoms with Gasteiger partial charge in [0, 0.05) is 17.1 Å². The summed E-state index contributed by atoms with van der Waals surface area (Å²) in [6.07, 6.45) is 0. The van der Waals surface area contributed by atoms with Gasteiger partial charge in [0.25, 0.3) is 0 Å². The van der Waals surface area contributed by atoms with Gasteiger partial charge in [0.05, 0.1) is 10.7 Å². The Balaban J connectivity index is 2.05. The molecule has 0 amide bonds. The Morgan fingerprint density at radius 1 is 1.29 bits per heavy atom. The minimum atomic E-state index is 0.541. The van der Waals surface area contributed by atoms with Gasteiger partial charge in [-0.25, -0.2) is 4.98 Å². The van der Waals surface area contributed by atoms with Crippen LogP contribution in [0, 0.1) is 5.92 Å². The van der Waals surface area contributed by atoms with Gasteiger partial charge in [-0.2, -0.15) is 0 Å². The monoisotopic (exact) mass is 368 g/mol. The molecule has 112 valence electrons. The lowest BCUT2D eigenvalue weighted by molar-refractivity contribution is 0.458. The number of nitrogens with zero attached hydrogens (tertiary/aromatic N) is 1. The van der Waals surface area contributed by atoms with Crippen molar-refractivity contribution >= 4 is 27.5 Å². The van der Waals surface area contributed by atoms with E-state index in [1.54, 1.807) is 6.07 Å². The maximum atomic E-state index is 6.12. The highest BCUT2D eigenvalue weighted by molar-refractivity contribution is 9.10. The van der Waals surface area contributed by atoms with Crippen LogP contribution in [-0.4, -0.2) is 11.5 Å². The van der Waals surface area contributed by atoms with E-state index in [1.807, 2.05) is 30.3 Å². The first-order valence-electron chi connectivity index (χ1n) is 6.84. The number of hydrogen-bond donors (Lipinski definition) is 1. The second-order valence-corrected chi connectivity index (χ2v) is 6.49. The third-order valence-electron chi connectivity index (χ3n) is 2.75. The van der Waals surface area contributed by atoms with Gasteiger partial charge < -0.3 is 10.1 Å². The predicted molar refractivity (Wildman–Crippen MR) is 90.0 cm³/mol. The Labute approximate surface area is 138 Å². The summed E-state index contributed by atoms with van der Waals surface area (Å²) in [5, 5.41) is 3.92. The number of benzene rings is 1. The largest absolute Gasteiger partial charge is 0.437 e. The zero-order valence-corrected chi connectivity index (χ0v) is 14.4. The number of halogens is 2. The van der Waals surface area contributed by atoms with Gasteiger partial charge in [0.1, 0.15) is 5.75 Å². The van der Waals surface area contributed by atoms with Gasteiger partial charge in [-0.05, 0) is 36.7 Å². The highest BCUT2D eigenvalue weighted by atomic mass is 79.9. The summed E-state index contributed by atoms with van der Waals surface area (Å²) in [4.78, 5) is 4.48. The van der Waals surface area contributed by atoms with Crippen molar-refractivity contribution in [1.82, 2.24) is 10.3 Å². The number of hydrogen-bond acceptors (Lipinski definition) is 3. The minimum Gasteiger partial charge on any atom is -0.437 e. The van der Waals surface area contributed by atoms with Gasteiger partial charge in [0.15, 0.2) is 0 Å². The van der Waals surface area contributed by atoms with Crippen molar-refractivity contribution in [3.8, 4) is 11.6 Å². The van der Waals surface area contributed by atoms with Crippen molar-refractivity contribution in [3.05, 3.63) is 51.6 Å². The number of aromatic nitrogens is 1. The standard InChI is InChI=1S/C16H18BrClN2O/c1-11(2)9-19-10-13-4-3-5-16(20-13)21-15-8-12(17)6-7-14(15)18/h3-8,11,19H,9-10H2,1-2H3. The molecule has 0 bridgehead atoms. The molecule has 0 atom stereocenters. The van der Waals surface area contributed by atoms with Crippen molar-refractivity contribution in [3.63, 3.8) is 0 Å². The fourth-order valence-corrected chi connectivity index (χ4v) is 2.27. The average Bonchev–Trinajstić information content (AvgIpc) is 2.43. The van der Waals surface area contributed by atoms with Crippen LogP contribution in [0.4, 0.5) is 0 Å². The molecule has 1 aromatic heterocycles. The van der Waals surface area contributed by atoms with Crippen LogP contribution in [0.25, 0.3) is 0 Å². The number of ether oxygens (including phenoxy) is 1. The molecule has 1 N–H and O–H groups in total. The molecule has 5 heteroatoms. The van der Waals surface area contributed by atoms with E-state index in [0.717, 1.165) is 23.3 Å². The van der Waals surface area contributed by atoms with E-state index in [9.17, 15) is 0 Å². The van der Waals surface area contributed by atoms with Gasteiger partial charge >= 0.3 is 0 Å². The molecule has 0 aliphatic heterocycles. The fourth-order valence-electron chi connectivity index (χ4n) is 1.77. The lowest BCUT2D eigenvalue weighted by Crippen LogP contribution is -2.19. The molecule has 0 fully saturated rings. The van der Waals surface area contributed by atoms with Crippen molar-refractivity contribution in [2.75, 3.05) is 6.54 Å². The lowest BCUT2D eigenvalue weighted by atomic mass is 10.2. The molecule has 21 heavy (non-hydrogen) atoms. The van der Waals surface area contributed by atoms with E-state index in [1.165, 1.54) is 0 Å². The van der Waals surface area contributed by atoms with E-state index >= 15 is 0 Å². The van der Waals surface area contributed by atoms with Gasteiger partial charge in [-0.1, -0.05) is 47.4 Å². The SMILES string of the molecule is CC(C)CNCc1cccc(Oc2cc(Br)ccc2Cl)n1. The second kappa shape index (κ2) is 7.78. The van der Waals surface area contributed by atoms with Crippen LogP contribution in [0.3, 0.4) is 0 Å². The predicted octanol–water partition coefficient (Wildman–Crippen LogP) is 5.04. The van der Waals surface area contributed by atoms with Crippen molar-refractivity contribution in [2.24, 2.45) is 5.92 Å². The van der Waals surface area contributed by atoms with Gasteiger partial charge in [-0.3, -0.25) is 0 Å². The second-order valence-electron chi connectivity index (χ2n) is 5.17. The Morgan fingerprint density at radius 3 is 2.86 bits per heavy atom. The molecule has 1 heterocycles. The summed E-state index contributed by atoms with van der Waals surface area (Å²) in [7, 11) is 0. The Kier molecular flexibility index (Phi) is 6.03. The van der Waals surface area contributed by atoms with Crippen LogP contribution in [0.15, 0.2) is 40.9 Å². The molecule has 1 aromatic carbocycles. The molecule has 3 nitrogen and oxygen atoms in total. The summed E-state index contributed by atoms with van der Waals surface area (Å²) in [6.45, 7) is 6.04. The van der Waals surface area contributed by atoms with Crippen LogP contribution in [0.2, 0.25) is 5.02 Å². The highest BCUT2D eigenvalue weighted by Gasteiger charge is 2.06. The normalized spacial score (nSPS) is 10.9. The molecule has 0 unspecified atom stereocenters. The van der Waals surface area contributed by atoms with E-state index < -0.39 is 0 Å². The summed E-state index contributed by atoms with van der Waals surface area (Å²) >= 11 is 9.52. The molecule has 0 spiro atoms. The first kappa shape index (κ1) is 16.3. The Hall–Kier alpha value is -1.10. The number of rotatable bonds is 6. The maximum Gasteiger partial charge on any atom is 0.219 e. The molecule has 0 radical (unpaired) electrons. The molecule has 0 aliphatic carbocycles. The van der Waals surface area contributed by atoms with E-state index in [4.69, 9.17) is 16.3 Å². The van der Waals surface area contributed by atoms with Crippen molar-refractivity contribution < 1.29 is 4.74 Å². The zero-order valence-electron chi connectivity index (χ0n) is 12.1. The summed E-state index contributed by atoms with van der Waals surface area (Å²) < 4.78 is 6.67. The fraction of sp³-hybridized carbons (Fsp3) is 0.312. The molecule has 2 aromatic rings. The molecule has 0 saturated carbocycles. The van der Waals surface area contributed by atoms with Crippen molar-refractivity contribution in [1.29, 1.82) is 0 Å². The first-order valence-corrected chi connectivity index (χ1v) is 8.01. The maximum absolute atomic E-state index is 6.12. The minimum absolute atomic E-state index is 0.541. The van der Waals surface area contributed by atoms with Gasteiger partial charge in [0.2, 0.25) is 5.88 Å². The summed E-state index contributed by atoms with van der Waals surface area (Å²) in [5.41, 5.74) is 0.944. The Morgan fingerprint density at radius 2 is 2.10 bits per heavy atom. The van der Waals surface area contributed by atoms with E-state index in [0.29, 0.717) is 22.6 Å². The van der Waals surface area contributed by atoms with Gasteiger partial charge in [-0.15, -0.1) is 0 Å². The molecule has 2 rings (SSSR count). The zero-order chi connectivity index (χ0) is 15.2. The van der Waals surface area contributed by atoms with Crippen molar-refractivity contribution in [2.45, 2.75) is 20.4 Å². The third-order valence-corrected chi connectivity index (χ3v) is 3.55. The number of pyridine rings is 1. The van der Waals surface area contributed by atoms with Crippen LogP contribution in [-0.2, 0) is 6.54 Å². The summed E-state index contributed by atoms with van der Waals surface area (Å²) in [5.74, 6) is 1.74. The molecular weight excluding hydrogens is 352 g/mol. The number of nitrogens with one attached hydrogen (secondary N) is 1. The molecular formula is C16H18BrClN2O. The average molecular weight is 370 g/mol. The quantitative estimate of drug-likeness (QED) is 0.775. The van der Waals surface area contributed by atoms with Crippen LogP contribution in [0.5, 0.6) is 11.6 Å². The first-order chi connectivity index (χ1) is 10.0. The topological polar surface area (TPSA) is 34.1 Å². The Bertz CT molecular complexity index is 605. The summed E-state index contributed by atoms with van der Waals surface area (Å²) in [6, 6.07) is 11.2. The van der Waals surface area contributed by atoms with E-state index in [2.05, 4.69) is 40.1 Å². The van der Waals surface area contributed by atoms with Crippen LogP contribution >= 0.6 is 27.5 Å². The third kappa shape index (κ3) is 5.30.